The van der Waals surface area contributed by atoms with Gasteiger partial charge < -0.3 is 20.1 Å². The second-order valence-corrected chi connectivity index (χ2v) is 7.43. The molecule has 0 aromatic heterocycles. The van der Waals surface area contributed by atoms with Gasteiger partial charge >= 0.3 is 0 Å². The summed E-state index contributed by atoms with van der Waals surface area (Å²) in [5, 5.41) is 6.39. The van der Waals surface area contributed by atoms with E-state index in [4.69, 9.17) is 9.47 Å². The van der Waals surface area contributed by atoms with Crippen molar-refractivity contribution in [1.82, 2.24) is 5.32 Å². The lowest BCUT2D eigenvalue weighted by molar-refractivity contribution is -0.130. The van der Waals surface area contributed by atoms with Gasteiger partial charge in [0.15, 0.2) is 0 Å². The van der Waals surface area contributed by atoms with Crippen molar-refractivity contribution in [2.45, 2.75) is 40.0 Å². The minimum Gasteiger partial charge on any atom is -0.493 e. The van der Waals surface area contributed by atoms with Gasteiger partial charge in [0.05, 0.1) is 18.6 Å². The van der Waals surface area contributed by atoms with Crippen LogP contribution >= 0.6 is 12.4 Å². The lowest BCUT2D eigenvalue weighted by atomic mass is 9.78. The van der Waals surface area contributed by atoms with Crippen LogP contribution in [0.25, 0.3) is 0 Å². The number of hydrogen-bond donors (Lipinski definition) is 2. The summed E-state index contributed by atoms with van der Waals surface area (Å²) in [6.07, 6.45) is 2.59. The molecule has 1 amide bonds. The number of piperidine rings is 1. The van der Waals surface area contributed by atoms with Crippen molar-refractivity contribution in [1.29, 1.82) is 0 Å². The Kier molecular flexibility index (Phi) is 9.41. The lowest BCUT2D eigenvalue weighted by Gasteiger charge is -2.35. The van der Waals surface area contributed by atoms with Gasteiger partial charge in [-0.15, -0.1) is 12.4 Å². The second-order valence-electron chi connectivity index (χ2n) is 7.43. The number of methoxy groups -OCH3 is 1. The predicted octanol–water partition coefficient (Wildman–Crippen LogP) is 3.80. The first-order chi connectivity index (χ1) is 12.0. The molecule has 5 nitrogen and oxygen atoms in total. The summed E-state index contributed by atoms with van der Waals surface area (Å²) in [6, 6.07) is 5.85. The van der Waals surface area contributed by atoms with E-state index < -0.39 is 5.41 Å². The third kappa shape index (κ3) is 6.15. The van der Waals surface area contributed by atoms with Crippen molar-refractivity contribution in [2.75, 3.05) is 38.7 Å². The summed E-state index contributed by atoms with van der Waals surface area (Å²) >= 11 is 0. The van der Waals surface area contributed by atoms with Crippen LogP contribution in [0, 0.1) is 18.3 Å². The van der Waals surface area contributed by atoms with E-state index in [9.17, 15) is 4.79 Å². The molecule has 0 unspecified atom stereocenters. The number of carbonyl (C=O) groups excluding carboxylic acids is 1. The van der Waals surface area contributed by atoms with Crippen LogP contribution in [0.15, 0.2) is 18.2 Å². The maximum Gasteiger partial charge on any atom is 0.233 e. The van der Waals surface area contributed by atoms with E-state index in [0.29, 0.717) is 19.1 Å². The first kappa shape index (κ1) is 22.7. The van der Waals surface area contributed by atoms with Gasteiger partial charge in [0.2, 0.25) is 5.91 Å². The third-order valence-corrected chi connectivity index (χ3v) is 4.86. The maximum atomic E-state index is 12.9. The first-order valence-corrected chi connectivity index (χ1v) is 9.21. The maximum absolute atomic E-state index is 12.9. The lowest BCUT2D eigenvalue weighted by Crippen LogP contribution is -2.47. The number of hydrogen-bond acceptors (Lipinski definition) is 4. The molecule has 6 heteroatoms. The Morgan fingerprint density at radius 1 is 1.31 bits per heavy atom. The summed E-state index contributed by atoms with van der Waals surface area (Å²) in [4.78, 5) is 12.9. The normalized spacial score (nSPS) is 16.0. The van der Waals surface area contributed by atoms with Crippen LogP contribution in [-0.4, -0.2) is 39.3 Å². The highest BCUT2D eigenvalue weighted by Gasteiger charge is 2.39. The molecule has 1 aromatic carbocycles. The average Bonchev–Trinajstić information content (AvgIpc) is 2.58. The Morgan fingerprint density at radius 3 is 2.62 bits per heavy atom. The van der Waals surface area contributed by atoms with E-state index in [1.54, 1.807) is 7.11 Å². The van der Waals surface area contributed by atoms with Gasteiger partial charge in [-0.25, -0.2) is 0 Å². The molecule has 2 N–H and O–H groups in total. The number of halogens is 1. The molecule has 1 aliphatic heterocycles. The van der Waals surface area contributed by atoms with Crippen molar-refractivity contribution in [3.05, 3.63) is 23.8 Å². The monoisotopic (exact) mass is 384 g/mol. The van der Waals surface area contributed by atoms with Crippen LogP contribution in [0.2, 0.25) is 0 Å². The summed E-state index contributed by atoms with van der Waals surface area (Å²) in [6.45, 7) is 9.21. The fourth-order valence-corrected chi connectivity index (χ4v) is 3.12. The highest BCUT2D eigenvalue weighted by Crippen LogP contribution is 2.32. The summed E-state index contributed by atoms with van der Waals surface area (Å²) in [7, 11) is 1.66. The van der Waals surface area contributed by atoms with Crippen molar-refractivity contribution < 1.29 is 14.3 Å². The highest BCUT2D eigenvalue weighted by molar-refractivity contribution is 5.95. The van der Waals surface area contributed by atoms with Gasteiger partial charge in [-0.3, -0.25) is 4.79 Å². The van der Waals surface area contributed by atoms with E-state index in [-0.39, 0.29) is 18.3 Å². The molecule has 0 atom stereocenters. The molecule has 1 aliphatic rings. The van der Waals surface area contributed by atoms with Crippen LogP contribution in [0.3, 0.4) is 0 Å². The fraction of sp³-hybridized carbons (Fsp3) is 0.650. The summed E-state index contributed by atoms with van der Waals surface area (Å²) in [5.74, 6) is 1.48. The molecule has 0 aliphatic carbocycles. The van der Waals surface area contributed by atoms with E-state index in [1.807, 2.05) is 25.1 Å². The zero-order valence-electron chi connectivity index (χ0n) is 16.4. The Labute approximate surface area is 163 Å². The van der Waals surface area contributed by atoms with Crippen molar-refractivity contribution in [3.63, 3.8) is 0 Å². The molecule has 148 valence electrons. The molecule has 0 bridgehead atoms. The largest absolute Gasteiger partial charge is 0.493 e. The highest BCUT2D eigenvalue weighted by atomic mass is 35.5. The van der Waals surface area contributed by atoms with Crippen LogP contribution in [0.5, 0.6) is 5.75 Å². The number of ether oxygens (including phenoxy) is 2. The fourth-order valence-electron chi connectivity index (χ4n) is 3.12. The van der Waals surface area contributed by atoms with Crippen molar-refractivity contribution in [2.24, 2.45) is 11.3 Å². The SMILES string of the molecule is COCC1(C(=O)Nc2ccc(C)c(OCCC(C)C)c2)CCNCC1.Cl. The molecular formula is C20H33ClN2O3. The summed E-state index contributed by atoms with van der Waals surface area (Å²) < 4.78 is 11.3. The molecule has 0 radical (unpaired) electrons. The average molecular weight is 385 g/mol. The molecule has 1 heterocycles. The second kappa shape index (κ2) is 10.8. The number of carbonyl (C=O) groups is 1. The molecule has 2 rings (SSSR count). The molecular weight excluding hydrogens is 352 g/mol. The van der Waals surface area contributed by atoms with E-state index in [2.05, 4.69) is 24.5 Å². The Bertz CT molecular complexity index is 567. The Morgan fingerprint density at radius 2 is 2.00 bits per heavy atom. The quantitative estimate of drug-likeness (QED) is 0.715. The molecule has 1 saturated heterocycles. The Hall–Kier alpha value is -1.30. The van der Waals surface area contributed by atoms with Gasteiger partial charge in [0.1, 0.15) is 5.75 Å². The zero-order chi connectivity index (χ0) is 18.3. The van der Waals surface area contributed by atoms with Crippen molar-refractivity contribution in [3.8, 4) is 5.75 Å². The van der Waals surface area contributed by atoms with E-state index >= 15 is 0 Å². The van der Waals surface area contributed by atoms with E-state index in [0.717, 1.165) is 49.4 Å². The van der Waals surface area contributed by atoms with Gasteiger partial charge in [-0.05, 0) is 56.8 Å². The smallest absolute Gasteiger partial charge is 0.233 e. The van der Waals surface area contributed by atoms with Crippen LogP contribution in [0.4, 0.5) is 5.69 Å². The van der Waals surface area contributed by atoms with E-state index in [1.165, 1.54) is 0 Å². The third-order valence-electron chi connectivity index (χ3n) is 4.86. The van der Waals surface area contributed by atoms with Gasteiger partial charge in [0, 0.05) is 18.9 Å². The van der Waals surface area contributed by atoms with Gasteiger partial charge in [0.25, 0.3) is 0 Å². The molecule has 26 heavy (non-hydrogen) atoms. The minimum absolute atomic E-state index is 0. The Balaban J connectivity index is 0.00000338. The zero-order valence-corrected chi connectivity index (χ0v) is 17.2. The number of anilines is 1. The number of amides is 1. The topological polar surface area (TPSA) is 59.6 Å². The number of nitrogens with one attached hydrogen (secondary N) is 2. The van der Waals surface area contributed by atoms with Crippen LogP contribution in [0.1, 0.15) is 38.7 Å². The van der Waals surface area contributed by atoms with Crippen molar-refractivity contribution >= 4 is 24.0 Å². The first-order valence-electron chi connectivity index (χ1n) is 9.21. The van der Waals surface area contributed by atoms with Crippen LogP contribution in [-0.2, 0) is 9.53 Å². The summed E-state index contributed by atoms with van der Waals surface area (Å²) in [5.41, 5.74) is 1.41. The number of aryl methyl sites for hydroxylation is 1. The molecule has 0 saturated carbocycles. The number of benzene rings is 1. The van der Waals surface area contributed by atoms with Gasteiger partial charge in [-0.1, -0.05) is 19.9 Å². The molecule has 1 fully saturated rings. The predicted molar refractivity (Wildman–Crippen MR) is 108 cm³/mol. The van der Waals surface area contributed by atoms with Crippen LogP contribution < -0.4 is 15.4 Å². The standard InChI is InChI=1S/C20H32N2O3.ClH/c1-15(2)7-12-25-18-13-17(6-5-16(18)3)22-19(23)20(14-24-4)8-10-21-11-9-20;/h5-6,13,15,21H,7-12,14H2,1-4H3,(H,22,23);1H. The molecule has 1 aromatic rings. The number of rotatable bonds is 8. The minimum atomic E-state index is -0.455. The molecule has 0 spiro atoms. The van der Waals surface area contributed by atoms with Gasteiger partial charge in [-0.2, -0.15) is 0 Å².